The van der Waals surface area contributed by atoms with Crippen LogP contribution >= 0.6 is 11.6 Å². The zero-order chi connectivity index (χ0) is 14.4. The van der Waals surface area contributed by atoms with E-state index >= 15 is 0 Å². The van der Waals surface area contributed by atoms with Crippen molar-refractivity contribution >= 4 is 23.2 Å². The number of fused-ring (bicyclic) bond motifs is 2. The number of rotatable bonds is 1. The minimum absolute atomic E-state index is 0.371. The summed E-state index contributed by atoms with van der Waals surface area (Å²) < 4.78 is 0. The van der Waals surface area contributed by atoms with Crippen LogP contribution in [0.2, 0.25) is 5.02 Å². The minimum Gasteiger partial charge on any atom is -0.369 e. The molecule has 0 saturated carbocycles. The van der Waals surface area contributed by atoms with Crippen LogP contribution < -0.4 is 5.73 Å². The first kappa shape index (κ1) is 12.7. The predicted octanol–water partition coefficient (Wildman–Crippen LogP) is 3.27. The van der Waals surface area contributed by atoms with Gasteiger partial charge in [-0.15, -0.1) is 0 Å². The summed E-state index contributed by atoms with van der Waals surface area (Å²) >= 11 is 6.31. The molecule has 0 aromatic heterocycles. The molecule has 0 saturated heterocycles. The Morgan fingerprint density at radius 1 is 1.05 bits per heavy atom. The van der Waals surface area contributed by atoms with Gasteiger partial charge in [0.2, 0.25) is 0 Å². The van der Waals surface area contributed by atoms with E-state index < -0.39 is 0 Å². The maximum absolute atomic E-state index is 6.31. The highest BCUT2D eigenvalue weighted by atomic mass is 35.5. The molecule has 0 atom stereocenters. The lowest BCUT2D eigenvalue weighted by Gasteiger charge is -2.33. The van der Waals surface area contributed by atoms with Gasteiger partial charge in [-0.1, -0.05) is 41.9 Å². The molecule has 2 aromatic carbocycles. The number of hydrogen-bond donors (Lipinski definition) is 1. The van der Waals surface area contributed by atoms with Gasteiger partial charge in [0.1, 0.15) is 0 Å². The van der Waals surface area contributed by atoms with Gasteiger partial charge >= 0.3 is 0 Å². The highest BCUT2D eigenvalue weighted by molar-refractivity contribution is 6.31. The van der Waals surface area contributed by atoms with Crippen molar-refractivity contribution in [1.29, 1.82) is 0 Å². The number of guanidine groups is 1. The van der Waals surface area contributed by atoms with E-state index in [0.29, 0.717) is 12.0 Å². The average molecular weight is 298 g/mol. The molecule has 1 aliphatic heterocycles. The molecule has 106 valence electrons. The van der Waals surface area contributed by atoms with E-state index in [4.69, 9.17) is 17.3 Å². The van der Waals surface area contributed by atoms with E-state index in [0.717, 1.165) is 35.7 Å². The maximum Gasteiger partial charge on any atom is 0.197 e. The fourth-order valence-corrected chi connectivity index (χ4v) is 3.55. The van der Waals surface area contributed by atoms with E-state index in [1.807, 2.05) is 18.2 Å². The van der Waals surface area contributed by atoms with Crippen LogP contribution in [0.15, 0.2) is 47.5 Å². The molecule has 0 radical (unpaired) electrons. The molecule has 3 nitrogen and oxygen atoms in total. The first-order chi connectivity index (χ1) is 10.2. The van der Waals surface area contributed by atoms with Crippen molar-refractivity contribution in [3.63, 3.8) is 0 Å². The second-order valence-electron chi connectivity index (χ2n) is 5.67. The second kappa shape index (κ2) is 4.78. The summed E-state index contributed by atoms with van der Waals surface area (Å²) in [5.74, 6) is 0.600. The van der Waals surface area contributed by atoms with Crippen LogP contribution in [-0.2, 0) is 19.4 Å². The van der Waals surface area contributed by atoms with Gasteiger partial charge in [0.05, 0.1) is 5.69 Å². The molecule has 21 heavy (non-hydrogen) atoms. The summed E-state index contributed by atoms with van der Waals surface area (Å²) in [5.41, 5.74) is 11.0. The van der Waals surface area contributed by atoms with Crippen molar-refractivity contribution in [3.05, 3.63) is 64.2 Å². The Labute approximate surface area is 129 Å². The maximum atomic E-state index is 6.31. The lowest BCUT2D eigenvalue weighted by molar-refractivity contribution is 0.305. The van der Waals surface area contributed by atoms with Crippen LogP contribution in [0.3, 0.4) is 0 Å². The van der Waals surface area contributed by atoms with Crippen LogP contribution in [0.1, 0.15) is 16.7 Å². The van der Waals surface area contributed by atoms with Gasteiger partial charge in [-0.25, -0.2) is 4.99 Å². The van der Waals surface area contributed by atoms with E-state index in [9.17, 15) is 0 Å². The quantitative estimate of drug-likeness (QED) is 0.878. The first-order valence-electron chi connectivity index (χ1n) is 7.17. The Morgan fingerprint density at radius 2 is 1.76 bits per heavy atom. The zero-order valence-corrected chi connectivity index (χ0v) is 12.3. The fraction of sp³-hybridized carbons (Fsp3) is 0.235. The minimum atomic E-state index is 0.371. The van der Waals surface area contributed by atoms with Gasteiger partial charge in [-0.2, -0.15) is 0 Å². The highest BCUT2D eigenvalue weighted by Crippen LogP contribution is 2.34. The normalized spacial score (nSPS) is 17.4. The molecule has 4 rings (SSSR count). The molecular weight excluding hydrogens is 282 g/mol. The Balaban J connectivity index is 1.66. The van der Waals surface area contributed by atoms with E-state index in [1.165, 1.54) is 11.1 Å². The fourth-order valence-electron chi connectivity index (χ4n) is 3.32. The molecule has 2 aliphatic rings. The summed E-state index contributed by atoms with van der Waals surface area (Å²) in [7, 11) is 0. The number of nitrogens with two attached hydrogens (primary N) is 1. The molecule has 0 bridgehead atoms. The molecule has 0 unspecified atom stereocenters. The van der Waals surface area contributed by atoms with Crippen molar-refractivity contribution in [1.82, 2.24) is 4.90 Å². The van der Waals surface area contributed by atoms with Crippen molar-refractivity contribution in [2.45, 2.75) is 25.4 Å². The van der Waals surface area contributed by atoms with Gasteiger partial charge in [0.25, 0.3) is 0 Å². The van der Waals surface area contributed by atoms with Crippen LogP contribution in [0.25, 0.3) is 0 Å². The Hall–Kier alpha value is -2.00. The van der Waals surface area contributed by atoms with E-state index in [-0.39, 0.29) is 0 Å². The predicted molar refractivity (Wildman–Crippen MR) is 85.9 cm³/mol. The lowest BCUT2D eigenvalue weighted by Crippen LogP contribution is -2.46. The van der Waals surface area contributed by atoms with Crippen LogP contribution in [-0.4, -0.2) is 16.9 Å². The van der Waals surface area contributed by atoms with E-state index in [1.54, 1.807) is 0 Å². The van der Waals surface area contributed by atoms with Gasteiger partial charge in [0, 0.05) is 23.2 Å². The molecule has 4 heteroatoms. The van der Waals surface area contributed by atoms with Gasteiger partial charge < -0.3 is 10.6 Å². The van der Waals surface area contributed by atoms with E-state index in [2.05, 4.69) is 34.2 Å². The molecule has 2 N–H and O–H groups in total. The van der Waals surface area contributed by atoms with Crippen LogP contribution in [0.5, 0.6) is 0 Å². The van der Waals surface area contributed by atoms with Crippen molar-refractivity contribution in [3.8, 4) is 0 Å². The lowest BCUT2D eigenvalue weighted by atomic mass is 10.1. The summed E-state index contributed by atoms with van der Waals surface area (Å²) in [5, 5.41) is 0.768. The zero-order valence-electron chi connectivity index (χ0n) is 11.6. The average Bonchev–Trinajstić information content (AvgIpc) is 2.90. The first-order valence-corrected chi connectivity index (χ1v) is 7.55. The summed E-state index contributed by atoms with van der Waals surface area (Å²) in [6, 6.07) is 14.8. The molecule has 0 fully saturated rings. The van der Waals surface area contributed by atoms with Crippen molar-refractivity contribution < 1.29 is 0 Å². The Kier molecular flexibility index (Phi) is 2.89. The summed E-state index contributed by atoms with van der Waals surface area (Å²) in [6.45, 7) is 0.739. The number of aliphatic imine (C=N–C) groups is 1. The molecule has 0 spiro atoms. The topological polar surface area (TPSA) is 41.6 Å². The third kappa shape index (κ3) is 2.09. The summed E-state index contributed by atoms with van der Waals surface area (Å²) in [4.78, 5) is 6.72. The Morgan fingerprint density at radius 3 is 2.48 bits per heavy atom. The smallest absolute Gasteiger partial charge is 0.197 e. The van der Waals surface area contributed by atoms with Gasteiger partial charge in [0.15, 0.2) is 5.96 Å². The molecule has 0 amide bonds. The second-order valence-corrected chi connectivity index (χ2v) is 6.07. The van der Waals surface area contributed by atoms with Gasteiger partial charge in [-0.3, -0.25) is 0 Å². The SMILES string of the molecule is NC1=Nc2cccc(Cl)c2CN1C1Cc2ccccc2C1. The van der Waals surface area contributed by atoms with Crippen LogP contribution in [0.4, 0.5) is 5.69 Å². The third-order valence-corrected chi connectivity index (χ3v) is 4.78. The number of halogens is 1. The third-order valence-electron chi connectivity index (χ3n) is 4.42. The monoisotopic (exact) mass is 297 g/mol. The van der Waals surface area contributed by atoms with Crippen molar-refractivity contribution in [2.75, 3.05) is 0 Å². The molecule has 1 heterocycles. The summed E-state index contributed by atoms with van der Waals surface area (Å²) in [6.07, 6.45) is 2.04. The number of benzene rings is 2. The molecule has 2 aromatic rings. The number of hydrogen-bond acceptors (Lipinski definition) is 3. The number of nitrogens with zero attached hydrogens (tertiary/aromatic N) is 2. The largest absolute Gasteiger partial charge is 0.369 e. The standard InChI is InChI=1S/C17H16ClN3/c18-15-6-3-7-16-14(15)10-21(17(19)20-16)13-8-11-4-1-2-5-12(11)9-13/h1-7,13H,8-10H2,(H2,19,20). The molecular formula is C17H16ClN3. The van der Waals surface area contributed by atoms with Crippen molar-refractivity contribution in [2.24, 2.45) is 10.7 Å². The van der Waals surface area contributed by atoms with Crippen LogP contribution in [0, 0.1) is 0 Å². The molecule has 1 aliphatic carbocycles. The Bertz CT molecular complexity index is 714. The highest BCUT2D eigenvalue weighted by Gasteiger charge is 2.30. The van der Waals surface area contributed by atoms with Gasteiger partial charge in [-0.05, 0) is 36.1 Å².